The number of phenolic OH excluding ortho intramolecular Hbond substituents is 2. The topological polar surface area (TPSA) is 78.8 Å². The van der Waals surface area contributed by atoms with Gasteiger partial charge in [0.05, 0.1) is 12.7 Å². The fourth-order valence-electron chi connectivity index (χ4n) is 3.02. The molecule has 3 N–H and O–H groups in total. The Bertz CT molecular complexity index is 784. The van der Waals surface area contributed by atoms with Crippen LogP contribution in [0.4, 0.5) is 0 Å². The van der Waals surface area contributed by atoms with Crippen molar-refractivity contribution in [2.45, 2.75) is 32.1 Å². The number of allylic oxidation sites excluding steroid dienone is 2. The van der Waals surface area contributed by atoms with Gasteiger partial charge in [0.25, 0.3) is 5.91 Å². The number of para-hydroxylation sites is 1. The maximum Gasteiger partial charge on any atom is 0.254 e. The van der Waals surface area contributed by atoms with E-state index in [1.807, 2.05) is 6.07 Å². The van der Waals surface area contributed by atoms with Crippen molar-refractivity contribution in [1.82, 2.24) is 5.32 Å². The Labute approximate surface area is 160 Å². The quantitative estimate of drug-likeness (QED) is 0.706. The van der Waals surface area contributed by atoms with Crippen LogP contribution in [0, 0.1) is 0 Å². The van der Waals surface area contributed by atoms with Gasteiger partial charge in [-0.25, -0.2) is 0 Å². The fourth-order valence-corrected chi connectivity index (χ4v) is 3.02. The summed E-state index contributed by atoms with van der Waals surface area (Å²) in [6, 6.07) is 12.0. The molecule has 0 bridgehead atoms. The van der Waals surface area contributed by atoms with Crippen LogP contribution in [-0.2, 0) is 6.42 Å². The summed E-state index contributed by atoms with van der Waals surface area (Å²) in [4.78, 5) is 11.8. The molecule has 5 heteroatoms. The maximum absolute atomic E-state index is 11.8. The standard InChI is InChI=1S/C16H21NO3.C6H6O/c1-17-16(19)12-8-9-14(20-2)13(15(12)18)10-11-6-4-3-5-7-11;7-6-4-2-1-3-5-6/h6,8-9,18H,3-5,7,10H2,1-2H3,(H,17,19);1-5,7H. The summed E-state index contributed by atoms with van der Waals surface area (Å²) in [5, 5.41) is 21.5. The van der Waals surface area contributed by atoms with Gasteiger partial charge in [-0.05, 0) is 49.9 Å². The third kappa shape index (κ3) is 5.78. The third-order valence-corrected chi connectivity index (χ3v) is 4.48. The summed E-state index contributed by atoms with van der Waals surface area (Å²) in [5.41, 5.74) is 2.29. The molecule has 2 aromatic rings. The molecule has 0 saturated heterocycles. The number of nitrogens with one attached hydrogen (secondary N) is 1. The smallest absolute Gasteiger partial charge is 0.254 e. The molecule has 0 atom stereocenters. The van der Waals surface area contributed by atoms with E-state index in [9.17, 15) is 9.90 Å². The normalized spacial score (nSPS) is 13.0. The van der Waals surface area contributed by atoms with Gasteiger partial charge >= 0.3 is 0 Å². The molecule has 144 valence electrons. The number of methoxy groups -OCH3 is 1. The molecule has 0 aliphatic heterocycles. The van der Waals surface area contributed by atoms with Gasteiger partial charge in [-0.2, -0.15) is 0 Å². The highest BCUT2D eigenvalue weighted by molar-refractivity contribution is 5.97. The second-order valence-corrected chi connectivity index (χ2v) is 6.34. The molecule has 0 fully saturated rings. The zero-order valence-corrected chi connectivity index (χ0v) is 15.9. The summed E-state index contributed by atoms with van der Waals surface area (Å²) in [5.74, 6) is 0.684. The summed E-state index contributed by atoms with van der Waals surface area (Å²) in [6.07, 6.45) is 7.42. The van der Waals surface area contributed by atoms with E-state index in [0.717, 1.165) is 12.8 Å². The van der Waals surface area contributed by atoms with Crippen molar-refractivity contribution in [3.8, 4) is 17.2 Å². The van der Waals surface area contributed by atoms with E-state index < -0.39 is 0 Å². The SMILES string of the molecule is CNC(=O)c1ccc(OC)c(CC2=CCCCC2)c1O.Oc1ccccc1. The van der Waals surface area contributed by atoms with Crippen LogP contribution in [0.5, 0.6) is 17.2 Å². The van der Waals surface area contributed by atoms with Crippen LogP contribution >= 0.6 is 0 Å². The van der Waals surface area contributed by atoms with Crippen molar-refractivity contribution < 1.29 is 19.7 Å². The average molecular weight is 369 g/mol. The second kappa shape index (κ2) is 10.3. The molecule has 0 unspecified atom stereocenters. The Kier molecular flexibility index (Phi) is 7.74. The predicted octanol–water partition coefficient (Wildman–Crippen LogP) is 4.20. The Morgan fingerprint density at radius 1 is 1.11 bits per heavy atom. The molecule has 0 saturated carbocycles. The number of amides is 1. The van der Waals surface area contributed by atoms with E-state index in [0.29, 0.717) is 29.0 Å². The molecular weight excluding hydrogens is 342 g/mol. The molecule has 5 nitrogen and oxygen atoms in total. The van der Waals surface area contributed by atoms with E-state index in [1.165, 1.54) is 18.4 Å². The summed E-state index contributed by atoms with van der Waals surface area (Å²) >= 11 is 0. The van der Waals surface area contributed by atoms with Crippen molar-refractivity contribution in [1.29, 1.82) is 0 Å². The molecule has 2 aromatic carbocycles. The van der Waals surface area contributed by atoms with Gasteiger partial charge in [-0.3, -0.25) is 4.79 Å². The van der Waals surface area contributed by atoms with Crippen molar-refractivity contribution in [3.63, 3.8) is 0 Å². The van der Waals surface area contributed by atoms with E-state index in [-0.39, 0.29) is 11.7 Å². The molecule has 0 aromatic heterocycles. The molecule has 0 spiro atoms. The number of aromatic hydroxyl groups is 2. The van der Waals surface area contributed by atoms with E-state index in [2.05, 4.69) is 11.4 Å². The second-order valence-electron chi connectivity index (χ2n) is 6.34. The van der Waals surface area contributed by atoms with Crippen LogP contribution in [0.15, 0.2) is 54.1 Å². The average Bonchev–Trinajstić information content (AvgIpc) is 2.71. The van der Waals surface area contributed by atoms with E-state index >= 15 is 0 Å². The Morgan fingerprint density at radius 2 is 1.85 bits per heavy atom. The lowest BCUT2D eigenvalue weighted by Gasteiger charge is -2.17. The maximum atomic E-state index is 11.8. The van der Waals surface area contributed by atoms with Gasteiger partial charge in [0, 0.05) is 19.0 Å². The van der Waals surface area contributed by atoms with Gasteiger partial charge in [-0.1, -0.05) is 29.8 Å². The number of carbonyl (C=O) groups excluding carboxylic acids is 1. The highest BCUT2D eigenvalue weighted by atomic mass is 16.5. The first-order valence-corrected chi connectivity index (χ1v) is 9.09. The first-order valence-electron chi connectivity index (χ1n) is 9.09. The molecule has 1 amide bonds. The minimum atomic E-state index is -0.288. The Morgan fingerprint density at radius 3 is 2.37 bits per heavy atom. The van der Waals surface area contributed by atoms with Gasteiger partial charge in [-0.15, -0.1) is 0 Å². The summed E-state index contributed by atoms with van der Waals surface area (Å²) in [7, 11) is 3.13. The number of ether oxygens (including phenoxy) is 1. The van der Waals surface area contributed by atoms with Crippen molar-refractivity contribution in [3.05, 3.63) is 65.2 Å². The number of rotatable bonds is 4. The monoisotopic (exact) mass is 369 g/mol. The lowest BCUT2D eigenvalue weighted by atomic mass is 9.92. The third-order valence-electron chi connectivity index (χ3n) is 4.48. The largest absolute Gasteiger partial charge is 0.508 e. The van der Waals surface area contributed by atoms with Gasteiger partial charge in [0.2, 0.25) is 0 Å². The minimum Gasteiger partial charge on any atom is -0.508 e. The highest BCUT2D eigenvalue weighted by Gasteiger charge is 2.19. The molecule has 1 aliphatic rings. The summed E-state index contributed by atoms with van der Waals surface area (Å²) < 4.78 is 5.32. The van der Waals surface area contributed by atoms with Crippen LogP contribution in [0.25, 0.3) is 0 Å². The molecule has 0 radical (unpaired) electrons. The van der Waals surface area contributed by atoms with Crippen molar-refractivity contribution >= 4 is 5.91 Å². The van der Waals surface area contributed by atoms with Crippen molar-refractivity contribution in [2.24, 2.45) is 0 Å². The van der Waals surface area contributed by atoms with E-state index in [4.69, 9.17) is 9.84 Å². The van der Waals surface area contributed by atoms with Gasteiger partial charge < -0.3 is 20.3 Å². The highest BCUT2D eigenvalue weighted by Crippen LogP contribution is 2.35. The Balaban J connectivity index is 0.000000313. The summed E-state index contributed by atoms with van der Waals surface area (Å²) in [6.45, 7) is 0. The zero-order valence-electron chi connectivity index (χ0n) is 15.9. The number of carbonyl (C=O) groups is 1. The van der Waals surface area contributed by atoms with E-state index in [1.54, 1.807) is 50.6 Å². The number of benzene rings is 2. The van der Waals surface area contributed by atoms with Crippen LogP contribution < -0.4 is 10.1 Å². The van der Waals surface area contributed by atoms with Crippen molar-refractivity contribution in [2.75, 3.05) is 14.2 Å². The number of hydrogen-bond donors (Lipinski definition) is 3. The minimum absolute atomic E-state index is 0.0233. The predicted molar refractivity (Wildman–Crippen MR) is 106 cm³/mol. The molecular formula is C22H27NO4. The van der Waals surface area contributed by atoms with Crippen LogP contribution in [-0.4, -0.2) is 30.3 Å². The lowest BCUT2D eigenvalue weighted by molar-refractivity contribution is 0.0960. The first kappa shape index (κ1) is 20.4. The lowest BCUT2D eigenvalue weighted by Crippen LogP contribution is -2.18. The van der Waals surface area contributed by atoms with Crippen LogP contribution in [0.1, 0.15) is 41.6 Å². The molecule has 3 rings (SSSR count). The first-order chi connectivity index (χ1) is 13.1. The molecule has 0 heterocycles. The van der Waals surface area contributed by atoms with Crippen LogP contribution in [0.3, 0.4) is 0 Å². The fraction of sp³-hybridized carbons (Fsp3) is 0.318. The van der Waals surface area contributed by atoms with Gasteiger partial charge in [0.15, 0.2) is 0 Å². The zero-order chi connectivity index (χ0) is 19.6. The van der Waals surface area contributed by atoms with Crippen LogP contribution in [0.2, 0.25) is 0 Å². The molecule has 1 aliphatic carbocycles. The van der Waals surface area contributed by atoms with Gasteiger partial charge in [0.1, 0.15) is 17.2 Å². The number of phenols is 2. The number of hydrogen-bond acceptors (Lipinski definition) is 4. The molecule has 27 heavy (non-hydrogen) atoms. The Hall–Kier alpha value is -2.95.